The van der Waals surface area contributed by atoms with Crippen molar-refractivity contribution >= 4 is 21.8 Å². The molecule has 0 amide bonds. The summed E-state index contributed by atoms with van der Waals surface area (Å²) in [5, 5.41) is 12.2. The van der Waals surface area contributed by atoms with Gasteiger partial charge in [0.15, 0.2) is 0 Å². The summed E-state index contributed by atoms with van der Waals surface area (Å²) in [4.78, 5) is 5.06. The maximum Gasteiger partial charge on any atom is 0.115 e. The van der Waals surface area contributed by atoms with Gasteiger partial charge in [-0.15, -0.1) is 0 Å². The smallest absolute Gasteiger partial charge is 0.115 e. The lowest BCUT2D eigenvalue weighted by molar-refractivity contribution is 0.475. The Morgan fingerprint density at radius 2 is 1.68 bits per heavy atom. The molecule has 4 aromatic rings. The first-order valence-electron chi connectivity index (χ1n) is 8.91. The van der Waals surface area contributed by atoms with Crippen molar-refractivity contribution < 1.29 is 5.11 Å². The number of benzene rings is 2. The number of hydrogen-bond donors (Lipinski definition) is 1. The van der Waals surface area contributed by atoms with Crippen LogP contribution in [0.5, 0.6) is 5.75 Å². The standard InChI is InChI=1S/C22H20N2O/c1-24-13-12-18-20(24)11-10-19-21(18)16-4-2-3-5-17(16)22(23-19)14-6-8-15(25)9-7-14/h6-13,25H,2-5H2,1H3. The van der Waals surface area contributed by atoms with Crippen molar-refractivity contribution in [2.75, 3.05) is 0 Å². The van der Waals surface area contributed by atoms with Crippen LogP contribution in [0.15, 0.2) is 48.7 Å². The summed E-state index contributed by atoms with van der Waals surface area (Å²) in [6.45, 7) is 0. The summed E-state index contributed by atoms with van der Waals surface area (Å²) in [7, 11) is 2.10. The van der Waals surface area contributed by atoms with Crippen LogP contribution in [0.25, 0.3) is 33.1 Å². The molecule has 0 aliphatic heterocycles. The zero-order valence-corrected chi connectivity index (χ0v) is 14.3. The average molecular weight is 328 g/mol. The van der Waals surface area contributed by atoms with Crippen LogP contribution in [-0.2, 0) is 19.9 Å². The minimum Gasteiger partial charge on any atom is -0.508 e. The van der Waals surface area contributed by atoms with Gasteiger partial charge < -0.3 is 9.67 Å². The summed E-state index contributed by atoms with van der Waals surface area (Å²) in [5.41, 5.74) is 7.36. The minimum absolute atomic E-state index is 0.296. The van der Waals surface area contributed by atoms with Crippen molar-refractivity contribution in [1.82, 2.24) is 9.55 Å². The number of pyridine rings is 1. The second-order valence-electron chi connectivity index (χ2n) is 6.99. The molecule has 3 nitrogen and oxygen atoms in total. The van der Waals surface area contributed by atoms with E-state index in [1.54, 1.807) is 12.1 Å². The van der Waals surface area contributed by atoms with Crippen LogP contribution in [-0.4, -0.2) is 14.7 Å². The highest BCUT2D eigenvalue weighted by molar-refractivity contribution is 6.08. The molecular formula is C22H20N2O. The van der Waals surface area contributed by atoms with E-state index in [1.807, 2.05) is 12.1 Å². The molecule has 1 aliphatic carbocycles. The molecule has 2 aromatic heterocycles. The van der Waals surface area contributed by atoms with Gasteiger partial charge in [-0.1, -0.05) is 0 Å². The van der Waals surface area contributed by atoms with Crippen molar-refractivity contribution in [2.45, 2.75) is 25.7 Å². The molecule has 5 rings (SSSR count). The SMILES string of the molecule is Cn1ccc2c3c4c(c(-c5ccc(O)cc5)nc3ccc21)CCCC4. The second-order valence-corrected chi connectivity index (χ2v) is 6.99. The first kappa shape index (κ1) is 14.5. The van der Waals surface area contributed by atoms with E-state index in [-0.39, 0.29) is 0 Å². The van der Waals surface area contributed by atoms with Gasteiger partial charge in [-0.05, 0) is 79.3 Å². The Kier molecular flexibility index (Phi) is 3.11. The van der Waals surface area contributed by atoms with E-state index in [4.69, 9.17) is 4.98 Å². The molecular weight excluding hydrogens is 308 g/mol. The van der Waals surface area contributed by atoms with Gasteiger partial charge in [0.25, 0.3) is 0 Å². The first-order chi connectivity index (χ1) is 12.2. The highest BCUT2D eigenvalue weighted by atomic mass is 16.3. The molecule has 1 aliphatic rings. The molecule has 3 heteroatoms. The maximum absolute atomic E-state index is 9.61. The van der Waals surface area contributed by atoms with Gasteiger partial charge >= 0.3 is 0 Å². The minimum atomic E-state index is 0.296. The number of aromatic hydroxyl groups is 1. The third-order valence-corrected chi connectivity index (χ3v) is 5.47. The number of phenolic OH excluding ortho intramolecular Hbond substituents is 1. The lowest BCUT2D eigenvalue weighted by Crippen LogP contribution is -2.07. The molecule has 25 heavy (non-hydrogen) atoms. The van der Waals surface area contributed by atoms with E-state index >= 15 is 0 Å². The van der Waals surface area contributed by atoms with Crippen LogP contribution in [0.2, 0.25) is 0 Å². The highest BCUT2D eigenvalue weighted by Crippen LogP contribution is 2.38. The fourth-order valence-electron chi connectivity index (χ4n) is 4.24. The van der Waals surface area contributed by atoms with Gasteiger partial charge in [0.1, 0.15) is 5.75 Å². The molecule has 0 saturated heterocycles. The molecule has 2 heterocycles. The predicted molar refractivity (Wildman–Crippen MR) is 102 cm³/mol. The van der Waals surface area contributed by atoms with Crippen LogP contribution in [0.4, 0.5) is 0 Å². The fraction of sp³-hybridized carbons (Fsp3) is 0.227. The van der Waals surface area contributed by atoms with Gasteiger partial charge in [0.05, 0.1) is 11.2 Å². The number of rotatable bonds is 1. The van der Waals surface area contributed by atoms with Crippen molar-refractivity contribution in [3.8, 4) is 17.0 Å². The van der Waals surface area contributed by atoms with Crippen molar-refractivity contribution in [3.05, 3.63) is 59.8 Å². The normalized spacial score (nSPS) is 14.1. The van der Waals surface area contributed by atoms with Crippen molar-refractivity contribution in [3.63, 3.8) is 0 Å². The summed E-state index contributed by atoms with van der Waals surface area (Å²) in [5.74, 6) is 0.296. The van der Waals surface area contributed by atoms with E-state index < -0.39 is 0 Å². The zero-order valence-electron chi connectivity index (χ0n) is 14.3. The van der Waals surface area contributed by atoms with Crippen LogP contribution >= 0.6 is 0 Å². The van der Waals surface area contributed by atoms with Crippen molar-refractivity contribution in [1.29, 1.82) is 0 Å². The summed E-state index contributed by atoms with van der Waals surface area (Å²) in [6.07, 6.45) is 6.79. The maximum atomic E-state index is 9.61. The van der Waals surface area contributed by atoms with Crippen molar-refractivity contribution in [2.24, 2.45) is 7.05 Å². The van der Waals surface area contributed by atoms with Gasteiger partial charge in [-0.3, -0.25) is 0 Å². The first-order valence-corrected chi connectivity index (χ1v) is 8.91. The summed E-state index contributed by atoms with van der Waals surface area (Å²) < 4.78 is 2.18. The molecule has 2 aromatic carbocycles. The zero-order chi connectivity index (χ0) is 17.0. The summed E-state index contributed by atoms with van der Waals surface area (Å²) in [6, 6.07) is 14.0. The molecule has 0 atom stereocenters. The highest BCUT2D eigenvalue weighted by Gasteiger charge is 2.21. The quantitative estimate of drug-likeness (QED) is 0.535. The van der Waals surface area contributed by atoms with Crippen LogP contribution in [0, 0.1) is 0 Å². The van der Waals surface area contributed by atoms with E-state index in [0.717, 1.165) is 29.6 Å². The molecule has 0 saturated carbocycles. The molecule has 0 fully saturated rings. The lowest BCUT2D eigenvalue weighted by atomic mass is 9.85. The third kappa shape index (κ3) is 2.15. The van der Waals surface area contributed by atoms with Crippen LogP contribution in [0.3, 0.4) is 0 Å². The Bertz CT molecular complexity index is 1110. The summed E-state index contributed by atoms with van der Waals surface area (Å²) >= 11 is 0. The van der Waals surface area contributed by atoms with Gasteiger partial charge in [-0.25, -0.2) is 4.98 Å². The number of aryl methyl sites for hydroxylation is 2. The van der Waals surface area contributed by atoms with Gasteiger partial charge in [0.2, 0.25) is 0 Å². The van der Waals surface area contributed by atoms with Gasteiger partial charge in [-0.2, -0.15) is 0 Å². The molecule has 1 N–H and O–H groups in total. The number of nitrogens with zero attached hydrogens (tertiary/aromatic N) is 2. The van der Waals surface area contributed by atoms with Gasteiger partial charge in [0, 0.05) is 35.1 Å². The van der Waals surface area contributed by atoms with E-state index in [9.17, 15) is 5.11 Å². The number of hydrogen-bond acceptors (Lipinski definition) is 2. The Morgan fingerprint density at radius 1 is 0.920 bits per heavy atom. The van der Waals surface area contributed by atoms with Crippen LogP contribution < -0.4 is 0 Å². The second kappa shape index (κ2) is 5.35. The molecule has 0 bridgehead atoms. The topological polar surface area (TPSA) is 38.0 Å². The Labute approximate surface area is 146 Å². The number of aromatic nitrogens is 2. The molecule has 0 unspecified atom stereocenters. The predicted octanol–water partition coefficient (Wildman–Crippen LogP) is 4.98. The molecule has 124 valence electrons. The Morgan fingerprint density at radius 3 is 2.48 bits per heavy atom. The monoisotopic (exact) mass is 328 g/mol. The number of phenols is 1. The fourth-order valence-corrected chi connectivity index (χ4v) is 4.24. The molecule has 0 spiro atoms. The lowest BCUT2D eigenvalue weighted by Gasteiger charge is -2.22. The van der Waals surface area contributed by atoms with E-state index in [2.05, 4.69) is 36.0 Å². The largest absolute Gasteiger partial charge is 0.508 e. The van der Waals surface area contributed by atoms with E-state index in [0.29, 0.717) is 5.75 Å². The molecule has 0 radical (unpaired) electrons. The Hall–Kier alpha value is -2.81. The number of fused-ring (bicyclic) bond motifs is 5. The average Bonchev–Trinajstić information content (AvgIpc) is 3.03. The van der Waals surface area contributed by atoms with Crippen LogP contribution in [0.1, 0.15) is 24.0 Å². The van der Waals surface area contributed by atoms with E-state index in [1.165, 1.54) is 40.3 Å². The third-order valence-electron chi connectivity index (χ3n) is 5.47. The Balaban J connectivity index is 1.88.